The predicted octanol–water partition coefficient (Wildman–Crippen LogP) is 1.34. The summed E-state index contributed by atoms with van der Waals surface area (Å²) in [6.45, 7) is 3.35. The van der Waals surface area contributed by atoms with Gasteiger partial charge in [-0.15, -0.1) is 0 Å². The van der Waals surface area contributed by atoms with E-state index in [4.69, 9.17) is 14.2 Å². The first kappa shape index (κ1) is 12.3. The van der Waals surface area contributed by atoms with Gasteiger partial charge in [0.15, 0.2) is 0 Å². The number of carbonyl (C=O) groups excluding carboxylic acids is 1. The summed E-state index contributed by atoms with van der Waals surface area (Å²) in [7, 11) is 1.67. The Labute approximate surface area is 113 Å². The van der Waals surface area contributed by atoms with Crippen LogP contribution in [0.4, 0.5) is 0 Å². The smallest absolute Gasteiger partial charge is 0.147 e. The van der Waals surface area contributed by atoms with Gasteiger partial charge >= 0.3 is 0 Å². The summed E-state index contributed by atoms with van der Waals surface area (Å²) in [5, 5.41) is 0. The second-order valence-electron chi connectivity index (χ2n) is 6.65. The molecular weight excluding hydrogens is 244 g/mol. The summed E-state index contributed by atoms with van der Waals surface area (Å²) in [5.74, 6) is 5.24. The van der Waals surface area contributed by atoms with E-state index < -0.39 is 0 Å². The van der Waals surface area contributed by atoms with Crippen molar-refractivity contribution in [2.24, 2.45) is 41.4 Å². The molecule has 0 aromatic carbocycles. The average Bonchev–Trinajstić information content (AvgIpc) is 2.69. The molecule has 0 unspecified atom stereocenters. The van der Waals surface area contributed by atoms with Crippen LogP contribution in [0.25, 0.3) is 0 Å². The summed E-state index contributed by atoms with van der Waals surface area (Å²) in [4.78, 5) is 11.7. The molecule has 0 aromatic rings. The van der Waals surface area contributed by atoms with Crippen molar-refractivity contribution in [2.45, 2.75) is 19.4 Å². The zero-order chi connectivity index (χ0) is 13.1. The van der Waals surface area contributed by atoms with Crippen LogP contribution in [-0.4, -0.2) is 39.0 Å². The molecule has 0 N–H and O–H groups in total. The predicted molar refractivity (Wildman–Crippen MR) is 67.3 cm³/mol. The number of hydrogen-bond donors (Lipinski definition) is 0. The van der Waals surface area contributed by atoms with Gasteiger partial charge in [0.1, 0.15) is 12.6 Å². The lowest BCUT2D eigenvalue weighted by atomic mass is 9.85. The third kappa shape index (κ3) is 1.54. The van der Waals surface area contributed by atoms with Gasteiger partial charge in [0.05, 0.1) is 19.3 Å². The molecule has 5 aliphatic carbocycles. The molecule has 0 saturated heterocycles. The maximum absolute atomic E-state index is 11.7. The third-order valence-corrected chi connectivity index (χ3v) is 6.12. The summed E-state index contributed by atoms with van der Waals surface area (Å²) in [5.41, 5.74) is 0. The van der Waals surface area contributed by atoms with Gasteiger partial charge in [-0.05, 0) is 48.9 Å². The molecule has 0 aromatic heterocycles. The molecule has 106 valence electrons. The highest BCUT2D eigenvalue weighted by Gasteiger charge is 2.82. The van der Waals surface area contributed by atoms with Crippen molar-refractivity contribution in [3.05, 3.63) is 0 Å². The lowest BCUT2D eigenvalue weighted by Gasteiger charge is -2.20. The Morgan fingerprint density at radius 2 is 1.95 bits per heavy atom. The van der Waals surface area contributed by atoms with Crippen molar-refractivity contribution < 1.29 is 19.0 Å². The minimum atomic E-state index is 0.337. The summed E-state index contributed by atoms with van der Waals surface area (Å²) >= 11 is 0. The van der Waals surface area contributed by atoms with Crippen molar-refractivity contribution in [3.8, 4) is 0 Å². The Kier molecular flexibility index (Phi) is 2.77. The summed E-state index contributed by atoms with van der Waals surface area (Å²) in [6.07, 6.45) is 1.50. The molecule has 19 heavy (non-hydrogen) atoms. The van der Waals surface area contributed by atoms with E-state index in [-0.39, 0.29) is 0 Å². The topological polar surface area (TPSA) is 44.8 Å². The van der Waals surface area contributed by atoms with Crippen molar-refractivity contribution >= 4 is 5.78 Å². The van der Waals surface area contributed by atoms with Crippen LogP contribution in [0.5, 0.6) is 0 Å². The maximum Gasteiger partial charge on any atom is 0.147 e. The van der Waals surface area contributed by atoms with Gasteiger partial charge in [0.2, 0.25) is 0 Å². The number of carbonyl (C=O) groups is 1. The fourth-order valence-electron chi connectivity index (χ4n) is 5.71. The molecule has 5 fully saturated rings. The van der Waals surface area contributed by atoms with Crippen LogP contribution in [-0.2, 0) is 19.0 Å². The monoisotopic (exact) mass is 266 g/mol. The van der Waals surface area contributed by atoms with Crippen molar-refractivity contribution in [2.75, 3.05) is 27.1 Å². The van der Waals surface area contributed by atoms with E-state index >= 15 is 0 Å². The average molecular weight is 266 g/mol. The molecule has 8 atom stereocenters. The highest BCUT2D eigenvalue weighted by molar-refractivity contribution is 5.79. The Balaban J connectivity index is 1.34. The van der Waals surface area contributed by atoms with Gasteiger partial charge in [0, 0.05) is 13.0 Å². The normalized spacial score (nSPS) is 51.9. The first-order chi connectivity index (χ1) is 9.25. The number of methoxy groups -OCH3 is 1. The minimum absolute atomic E-state index is 0.337. The van der Waals surface area contributed by atoms with Gasteiger partial charge in [-0.2, -0.15) is 0 Å². The van der Waals surface area contributed by atoms with Gasteiger partial charge < -0.3 is 14.2 Å². The molecule has 5 saturated carbocycles. The van der Waals surface area contributed by atoms with E-state index in [1.807, 2.05) is 0 Å². The van der Waals surface area contributed by atoms with Gasteiger partial charge in [-0.1, -0.05) is 0 Å². The minimum Gasteiger partial charge on any atom is -0.382 e. The second kappa shape index (κ2) is 4.27. The fourth-order valence-corrected chi connectivity index (χ4v) is 5.71. The zero-order valence-corrected chi connectivity index (χ0v) is 11.6. The van der Waals surface area contributed by atoms with Crippen LogP contribution >= 0.6 is 0 Å². The summed E-state index contributed by atoms with van der Waals surface area (Å²) < 4.78 is 16.3. The maximum atomic E-state index is 11.7. The molecule has 0 amide bonds. The molecule has 4 nitrogen and oxygen atoms in total. The van der Waals surface area contributed by atoms with E-state index in [0.29, 0.717) is 49.6 Å². The Bertz CT molecular complexity index is 396. The van der Waals surface area contributed by atoms with E-state index in [2.05, 4.69) is 0 Å². The lowest BCUT2D eigenvalue weighted by molar-refractivity contribution is -0.123. The highest BCUT2D eigenvalue weighted by atomic mass is 16.7. The van der Waals surface area contributed by atoms with E-state index in [1.165, 1.54) is 0 Å². The van der Waals surface area contributed by atoms with E-state index in [9.17, 15) is 4.79 Å². The first-order valence-electron chi connectivity index (χ1n) is 7.44. The molecule has 0 spiro atoms. The van der Waals surface area contributed by atoms with E-state index in [1.54, 1.807) is 14.0 Å². The third-order valence-electron chi connectivity index (χ3n) is 6.12. The number of Topliss-reactive ketones (excluding diaryl/α,β-unsaturated/α-hetero) is 1. The van der Waals surface area contributed by atoms with Crippen LogP contribution in [0, 0.1) is 41.4 Å². The SMILES string of the molecule is COCCOCO[C@H]1[C@H]2[C@H]3[C@@H]4C[C@@H](C(C)=O)[C@H]([C@H]32)[C@@H]41. The van der Waals surface area contributed by atoms with Crippen LogP contribution in [0.15, 0.2) is 0 Å². The second-order valence-corrected chi connectivity index (χ2v) is 6.65. The molecule has 4 heteroatoms. The molecule has 6 bridgehead atoms. The Morgan fingerprint density at radius 1 is 1.11 bits per heavy atom. The Morgan fingerprint density at radius 3 is 2.63 bits per heavy atom. The van der Waals surface area contributed by atoms with E-state index in [0.717, 1.165) is 30.1 Å². The van der Waals surface area contributed by atoms with Crippen LogP contribution in [0.3, 0.4) is 0 Å². The molecule has 5 rings (SSSR count). The van der Waals surface area contributed by atoms with Gasteiger partial charge in [0.25, 0.3) is 0 Å². The van der Waals surface area contributed by atoms with Gasteiger partial charge in [-0.3, -0.25) is 4.79 Å². The summed E-state index contributed by atoms with van der Waals surface area (Å²) in [6, 6.07) is 0. The van der Waals surface area contributed by atoms with Crippen LogP contribution in [0.2, 0.25) is 0 Å². The highest BCUT2D eigenvalue weighted by Crippen LogP contribution is 2.82. The number of hydrogen-bond acceptors (Lipinski definition) is 4. The van der Waals surface area contributed by atoms with Crippen LogP contribution < -0.4 is 0 Å². The van der Waals surface area contributed by atoms with Crippen molar-refractivity contribution in [3.63, 3.8) is 0 Å². The Hall–Kier alpha value is -0.450. The van der Waals surface area contributed by atoms with Gasteiger partial charge in [-0.25, -0.2) is 0 Å². The molecule has 5 aliphatic rings. The fraction of sp³-hybridized carbons (Fsp3) is 0.933. The molecule has 0 aliphatic heterocycles. The number of rotatable bonds is 7. The molecule has 0 heterocycles. The first-order valence-corrected chi connectivity index (χ1v) is 7.44. The molecular formula is C15H22O4. The standard InChI is InChI=1S/C15H22O4/c1-7(16)8-5-9-11-13-10(8)12(9)15(14(11)13)19-6-18-4-3-17-2/h8-15H,3-6H2,1-2H3/t8-,9-,10-,11-,12+,13+,14-,15+/m0/s1. The van der Waals surface area contributed by atoms with Crippen LogP contribution in [0.1, 0.15) is 13.3 Å². The lowest BCUT2D eigenvalue weighted by Crippen LogP contribution is -2.25. The van der Waals surface area contributed by atoms with Crippen molar-refractivity contribution in [1.82, 2.24) is 0 Å². The molecule has 0 radical (unpaired) electrons. The number of ether oxygens (including phenoxy) is 3. The quantitative estimate of drug-likeness (QED) is 0.515. The zero-order valence-electron chi connectivity index (χ0n) is 11.6. The number of ketones is 1. The largest absolute Gasteiger partial charge is 0.382 e. The van der Waals surface area contributed by atoms with Crippen molar-refractivity contribution in [1.29, 1.82) is 0 Å².